The summed E-state index contributed by atoms with van der Waals surface area (Å²) in [5.74, 6) is -0.322. The highest BCUT2D eigenvalue weighted by molar-refractivity contribution is 5.94. The second-order valence-corrected chi connectivity index (χ2v) is 8.13. The number of hydrogen-bond acceptors (Lipinski definition) is 5. The van der Waals surface area contributed by atoms with Crippen molar-refractivity contribution < 1.29 is 13.9 Å². The summed E-state index contributed by atoms with van der Waals surface area (Å²) in [7, 11) is 1.66. The maximum atomic E-state index is 13.4. The zero-order valence-corrected chi connectivity index (χ0v) is 18.7. The Labute approximate surface area is 191 Å². The van der Waals surface area contributed by atoms with Crippen LogP contribution in [0.2, 0.25) is 0 Å². The predicted molar refractivity (Wildman–Crippen MR) is 125 cm³/mol. The summed E-state index contributed by atoms with van der Waals surface area (Å²) in [6.45, 7) is 2.25. The molecule has 1 aliphatic rings. The number of carbonyl (C=O) groups excluding carboxylic acids is 1. The Bertz CT molecular complexity index is 1170. The van der Waals surface area contributed by atoms with Gasteiger partial charge in [0, 0.05) is 5.56 Å². The van der Waals surface area contributed by atoms with E-state index >= 15 is 0 Å². The Balaban J connectivity index is 1.55. The fourth-order valence-electron chi connectivity index (χ4n) is 3.93. The van der Waals surface area contributed by atoms with E-state index in [0.717, 1.165) is 12.8 Å². The highest BCUT2D eigenvalue weighted by atomic mass is 19.1. The normalized spacial score (nSPS) is 14.2. The van der Waals surface area contributed by atoms with Crippen molar-refractivity contribution in [3.8, 4) is 11.4 Å². The van der Waals surface area contributed by atoms with Gasteiger partial charge in [-0.05, 0) is 62.2 Å². The summed E-state index contributed by atoms with van der Waals surface area (Å²) in [4.78, 5) is 29.9. The zero-order chi connectivity index (χ0) is 23.4. The van der Waals surface area contributed by atoms with Crippen LogP contribution in [-0.4, -0.2) is 41.3 Å². The fraction of sp³-hybridized carbons (Fsp3) is 0.320. The quantitative estimate of drug-likeness (QED) is 0.551. The summed E-state index contributed by atoms with van der Waals surface area (Å²) in [6, 6.07) is 13.6. The van der Waals surface area contributed by atoms with Gasteiger partial charge in [-0.2, -0.15) is 0 Å². The smallest absolute Gasteiger partial charge is 0.277 e. The van der Waals surface area contributed by atoms with Crippen LogP contribution in [0.5, 0.6) is 0 Å². The van der Waals surface area contributed by atoms with Crippen molar-refractivity contribution in [2.75, 3.05) is 19.0 Å². The van der Waals surface area contributed by atoms with Crippen LogP contribution in [0.3, 0.4) is 0 Å². The van der Waals surface area contributed by atoms with E-state index in [1.807, 2.05) is 12.1 Å². The van der Waals surface area contributed by atoms with E-state index in [9.17, 15) is 14.0 Å². The van der Waals surface area contributed by atoms with Gasteiger partial charge in [-0.1, -0.05) is 24.3 Å². The van der Waals surface area contributed by atoms with Gasteiger partial charge in [0.15, 0.2) is 0 Å². The van der Waals surface area contributed by atoms with Crippen molar-refractivity contribution in [1.29, 1.82) is 0 Å². The number of halogens is 1. The average molecular weight is 451 g/mol. The number of nitrogens with zero attached hydrogens (tertiary/aromatic N) is 2. The van der Waals surface area contributed by atoms with Crippen LogP contribution >= 0.6 is 0 Å². The lowest BCUT2D eigenvalue weighted by Gasteiger charge is -2.17. The van der Waals surface area contributed by atoms with Gasteiger partial charge < -0.3 is 15.4 Å². The van der Waals surface area contributed by atoms with Gasteiger partial charge in [0.05, 0.1) is 31.5 Å². The molecule has 0 fully saturated rings. The number of rotatable bonds is 8. The van der Waals surface area contributed by atoms with Crippen molar-refractivity contribution >= 4 is 11.6 Å². The standard InChI is InChI=1S/C25H27FN4O3/c1-16(27-2)24(31)29-22-15-28-23(17-7-9-20(26)10-8-17)30(25(22)32)11-12-33-21-13-18-5-3-4-6-19(18)14-21/h3-10,15-16,21,27H,11-14H2,1-2H3,(H,29,31)/t16-/m0/s1. The van der Waals surface area contributed by atoms with Crippen LogP contribution in [0, 0.1) is 5.82 Å². The molecule has 0 bridgehead atoms. The maximum absolute atomic E-state index is 13.4. The molecule has 4 rings (SSSR count). The Morgan fingerprint density at radius 1 is 1.18 bits per heavy atom. The number of aromatic nitrogens is 2. The Kier molecular flexibility index (Phi) is 6.96. The molecule has 1 aromatic heterocycles. The molecule has 2 N–H and O–H groups in total. The molecule has 0 saturated heterocycles. The Morgan fingerprint density at radius 2 is 1.85 bits per heavy atom. The molecule has 172 valence electrons. The highest BCUT2D eigenvalue weighted by Crippen LogP contribution is 2.24. The molecule has 0 spiro atoms. The van der Waals surface area contributed by atoms with E-state index in [-0.39, 0.29) is 35.6 Å². The predicted octanol–water partition coefficient (Wildman–Crippen LogP) is 2.78. The van der Waals surface area contributed by atoms with E-state index in [4.69, 9.17) is 4.74 Å². The van der Waals surface area contributed by atoms with Crippen LogP contribution in [0.4, 0.5) is 10.1 Å². The minimum absolute atomic E-state index is 0.0553. The lowest BCUT2D eigenvalue weighted by Crippen LogP contribution is -2.38. The molecule has 1 heterocycles. The van der Waals surface area contributed by atoms with Gasteiger partial charge in [0.1, 0.15) is 17.3 Å². The summed E-state index contributed by atoms with van der Waals surface area (Å²) >= 11 is 0. The molecule has 7 nitrogen and oxygen atoms in total. The topological polar surface area (TPSA) is 85.2 Å². The van der Waals surface area contributed by atoms with Crippen molar-refractivity contribution in [1.82, 2.24) is 14.9 Å². The monoisotopic (exact) mass is 450 g/mol. The summed E-state index contributed by atoms with van der Waals surface area (Å²) in [6.07, 6.45) is 3.07. The largest absolute Gasteiger partial charge is 0.376 e. The third-order valence-electron chi connectivity index (χ3n) is 5.92. The molecule has 3 aromatic rings. The summed E-state index contributed by atoms with van der Waals surface area (Å²) in [5, 5.41) is 5.47. The average Bonchev–Trinajstić information content (AvgIpc) is 3.24. The molecule has 0 unspecified atom stereocenters. The van der Waals surface area contributed by atoms with Gasteiger partial charge in [-0.3, -0.25) is 14.2 Å². The molecule has 0 radical (unpaired) electrons. The van der Waals surface area contributed by atoms with Crippen LogP contribution in [0.1, 0.15) is 18.1 Å². The van der Waals surface area contributed by atoms with Crippen molar-refractivity contribution in [3.63, 3.8) is 0 Å². The molecule has 1 aliphatic carbocycles. The number of hydrogen-bond donors (Lipinski definition) is 2. The number of anilines is 1. The van der Waals surface area contributed by atoms with Gasteiger partial charge in [-0.25, -0.2) is 9.37 Å². The molecule has 1 atom stereocenters. The first kappa shape index (κ1) is 22.8. The summed E-state index contributed by atoms with van der Waals surface area (Å²) < 4.78 is 21.0. The van der Waals surface area contributed by atoms with Crippen LogP contribution in [0.15, 0.2) is 59.5 Å². The van der Waals surface area contributed by atoms with Crippen molar-refractivity contribution in [3.05, 3.63) is 82.0 Å². The number of benzene rings is 2. The lowest BCUT2D eigenvalue weighted by atomic mass is 10.1. The molecule has 1 amide bonds. The second kappa shape index (κ2) is 10.1. The maximum Gasteiger partial charge on any atom is 0.277 e. The van der Waals surface area contributed by atoms with E-state index in [2.05, 4.69) is 27.8 Å². The first-order chi connectivity index (χ1) is 16.0. The minimum atomic E-state index is -0.470. The van der Waals surface area contributed by atoms with Gasteiger partial charge in [0.25, 0.3) is 5.56 Å². The van der Waals surface area contributed by atoms with E-state index in [1.54, 1.807) is 26.1 Å². The van der Waals surface area contributed by atoms with E-state index < -0.39 is 6.04 Å². The number of amides is 1. The molecular formula is C25H27FN4O3. The Morgan fingerprint density at radius 3 is 2.48 bits per heavy atom. The van der Waals surface area contributed by atoms with Crippen molar-refractivity contribution in [2.24, 2.45) is 0 Å². The van der Waals surface area contributed by atoms with Gasteiger partial charge >= 0.3 is 0 Å². The second-order valence-electron chi connectivity index (χ2n) is 8.13. The number of fused-ring (bicyclic) bond motifs is 1. The zero-order valence-electron chi connectivity index (χ0n) is 18.7. The Hall–Kier alpha value is -3.36. The molecule has 0 saturated carbocycles. The number of likely N-dealkylation sites (N-methyl/N-ethyl adjacent to an activating group) is 1. The van der Waals surface area contributed by atoms with E-state index in [1.165, 1.54) is 34.0 Å². The molecule has 33 heavy (non-hydrogen) atoms. The van der Waals surface area contributed by atoms with Gasteiger partial charge in [-0.15, -0.1) is 0 Å². The first-order valence-electron chi connectivity index (χ1n) is 11.0. The summed E-state index contributed by atoms with van der Waals surface area (Å²) in [5.41, 5.74) is 2.87. The number of ether oxygens (including phenoxy) is 1. The number of nitrogens with one attached hydrogen (secondary N) is 2. The first-order valence-corrected chi connectivity index (χ1v) is 11.0. The lowest BCUT2D eigenvalue weighted by molar-refractivity contribution is -0.117. The molecular weight excluding hydrogens is 423 g/mol. The van der Waals surface area contributed by atoms with E-state index in [0.29, 0.717) is 18.0 Å². The third-order valence-corrected chi connectivity index (χ3v) is 5.92. The third kappa shape index (κ3) is 5.18. The van der Waals surface area contributed by atoms with Gasteiger partial charge in [0.2, 0.25) is 5.91 Å². The van der Waals surface area contributed by atoms with Crippen LogP contribution in [0.25, 0.3) is 11.4 Å². The minimum Gasteiger partial charge on any atom is -0.376 e. The molecule has 8 heteroatoms. The highest BCUT2D eigenvalue weighted by Gasteiger charge is 2.22. The fourth-order valence-corrected chi connectivity index (χ4v) is 3.93. The van der Waals surface area contributed by atoms with Crippen LogP contribution < -0.4 is 16.2 Å². The van der Waals surface area contributed by atoms with Crippen molar-refractivity contribution in [2.45, 2.75) is 38.5 Å². The number of carbonyl (C=O) groups is 1. The molecule has 2 aromatic carbocycles. The SMILES string of the molecule is CN[C@@H](C)C(=O)Nc1cnc(-c2ccc(F)cc2)n(CCOC2Cc3ccccc3C2)c1=O. The van der Waals surface area contributed by atoms with Crippen LogP contribution in [-0.2, 0) is 28.9 Å². The molecule has 0 aliphatic heterocycles.